The first kappa shape index (κ1) is 95.2. The van der Waals surface area contributed by atoms with E-state index in [1.807, 2.05) is 6.07 Å². The van der Waals surface area contributed by atoms with Crippen molar-refractivity contribution in [2.24, 2.45) is 0 Å². The third-order valence-electron chi connectivity index (χ3n) is 7.62. The molecule has 0 aliphatic heterocycles. The molecule has 0 aliphatic rings. The Morgan fingerprint density at radius 3 is 1.18 bits per heavy atom. The maximum atomic E-state index is 12.1. The molecule has 0 aliphatic carbocycles. The van der Waals surface area contributed by atoms with Gasteiger partial charge in [-0.25, -0.2) is 29.3 Å². The van der Waals surface area contributed by atoms with Crippen LogP contribution in [0.2, 0.25) is 0 Å². The van der Waals surface area contributed by atoms with Crippen LogP contribution in [0.4, 0.5) is 39.5 Å². The molecule has 0 bridgehead atoms. The third-order valence-corrected chi connectivity index (χ3v) is 8.26. The third kappa shape index (κ3) is 45.3. The molecule has 0 saturated carbocycles. The van der Waals surface area contributed by atoms with Crippen molar-refractivity contribution in [3.63, 3.8) is 0 Å². The fourth-order valence-electron chi connectivity index (χ4n) is 4.64. The van der Waals surface area contributed by atoms with Gasteiger partial charge in [-0.1, -0.05) is 74.6 Å². The Balaban J connectivity index is -0.000000124. The largest absolute Gasteiger partial charge is 1.00 e. The summed E-state index contributed by atoms with van der Waals surface area (Å²) in [7, 11) is 2.58. The predicted molar refractivity (Wildman–Crippen MR) is 270 cm³/mol. The molecule has 0 unspecified atom stereocenters. The van der Waals surface area contributed by atoms with Gasteiger partial charge in [-0.3, -0.25) is 4.79 Å². The Labute approximate surface area is 583 Å². The Morgan fingerprint density at radius 2 is 0.917 bits per heavy atom. The number of ether oxygens (including phenoxy) is 7. The van der Waals surface area contributed by atoms with Crippen molar-refractivity contribution in [3.8, 4) is 40.6 Å². The zero-order valence-corrected chi connectivity index (χ0v) is 50.9. The summed E-state index contributed by atoms with van der Waals surface area (Å²) < 4.78 is 138. The minimum atomic E-state index is -4.77. The molecule has 0 atom stereocenters. The first-order valence-electron chi connectivity index (χ1n) is 20.1. The average molecular weight is 1320 g/mol. The monoisotopic (exact) mass is 1320 g/mol. The second-order valence-corrected chi connectivity index (χ2v) is 13.7. The van der Waals surface area contributed by atoms with E-state index >= 15 is 0 Å². The van der Waals surface area contributed by atoms with Gasteiger partial charge < -0.3 is 65.9 Å². The van der Waals surface area contributed by atoms with Gasteiger partial charge in [0.1, 0.15) is 64.8 Å². The number of benzene rings is 3. The number of methoxy groups -OCH3 is 2. The number of rotatable bonds is 14. The molecule has 6 aromatic rings. The number of aromatic hydroxyl groups is 1. The average Bonchev–Trinajstić information content (AvgIpc) is 3.37. The molecule has 450 valence electrons. The van der Waals surface area contributed by atoms with Crippen LogP contribution in [0.5, 0.6) is 34.5 Å². The zero-order valence-electron chi connectivity index (χ0n) is 44.0. The zero-order chi connectivity index (χ0) is 57.3. The van der Waals surface area contributed by atoms with E-state index in [1.165, 1.54) is 94.2 Å². The molecule has 0 amide bonds. The van der Waals surface area contributed by atoms with Crippen molar-refractivity contribution in [2.75, 3.05) is 14.2 Å². The molecular weight excluding hydrogens is 1260 g/mol. The number of carbonyl (C=O) groups excluding carboxylic acids is 3. The van der Waals surface area contributed by atoms with Gasteiger partial charge in [-0.05, 0) is 60.2 Å². The van der Waals surface area contributed by atoms with Gasteiger partial charge in [0.2, 0.25) is 0 Å². The quantitative estimate of drug-likeness (QED) is 0.0298. The van der Waals surface area contributed by atoms with Gasteiger partial charge in [0.15, 0.2) is 0 Å². The van der Waals surface area contributed by atoms with Crippen LogP contribution < -0.4 is 151 Å². The normalized spacial score (nSPS) is 9.20. The number of alkyl halides is 10. The van der Waals surface area contributed by atoms with Crippen molar-refractivity contribution in [3.05, 3.63) is 162 Å². The van der Waals surface area contributed by atoms with Crippen molar-refractivity contribution in [1.29, 1.82) is 5.26 Å². The Morgan fingerprint density at radius 1 is 0.619 bits per heavy atom. The molecule has 0 radical (unpaired) electrons. The Hall–Kier alpha value is -5.12. The van der Waals surface area contributed by atoms with Gasteiger partial charge in [0, 0.05) is 60.2 Å². The number of phenolic OH excluding ortho intramolecular Hbond substituents is 1. The summed E-state index contributed by atoms with van der Waals surface area (Å²) in [6, 6.07) is 25.9. The maximum Gasteiger partial charge on any atom is 1.00 e. The fourth-order valence-corrected chi connectivity index (χ4v) is 4.97. The van der Waals surface area contributed by atoms with Crippen LogP contribution in [0.1, 0.15) is 78.8 Å². The minimum Gasteiger partial charge on any atom is -1.00 e. The Kier molecular flexibility index (Phi) is 58.0. The molecule has 0 saturated heterocycles. The van der Waals surface area contributed by atoms with E-state index in [2.05, 4.69) is 59.5 Å². The number of aromatic nitrogens is 3. The number of phenols is 1. The van der Waals surface area contributed by atoms with Crippen molar-refractivity contribution >= 4 is 40.3 Å². The minimum absolute atomic E-state index is 0. The molecule has 3 heterocycles. The summed E-state index contributed by atoms with van der Waals surface area (Å²) in [5, 5.41) is 34.0. The van der Waals surface area contributed by atoms with E-state index < -0.39 is 42.7 Å². The summed E-state index contributed by atoms with van der Waals surface area (Å²) in [5.74, 6) is -3.17. The molecule has 0 spiro atoms. The van der Waals surface area contributed by atoms with Crippen LogP contribution in [0, 0.1) is 11.3 Å². The van der Waals surface area contributed by atoms with E-state index in [0.29, 0.717) is 16.8 Å². The number of hydrogen-bond acceptors (Lipinski definition) is 19. The smallest absolute Gasteiger partial charge is 1.00 e. The molecule has 5 N–H and O–H groups in total. The standard InChI is InChI=1S/C15H12F3NO4.C14H10F3NO4.C8H8BrNO2.C7H5F3O2.C2H3N.CH2O3.3CH4.2K.Li.2H2O.H/c1-21-14(20)13-6-5-10(8-19-13)9-22-11-3-2-4-12(7-11)23-15(16,17)18;15-14(16,17)22-11-3-1-2-10(6-11)21-8-9-4-5-12(13(19)20)18-7-9;1-12-8(11)7-3-2-6(4-9)5-10-7;8-7(9,10)12-6-3-1-2-5(11)4-6;1-2-3;2-1-4-3;;;;;;;;;/h2-8H,9H2,1H3;1-7H,8H2,(H,19,20);2-3,5H,4H2,1H3;1-4,11H;1H3;1,3H;3*1H4;;;;2*1H2;/q;;;;;;;;;3*+1;;;-1/p-2. The van der Waals surface area contributed by atoms with Gasteiger partial charge in [-0.15, -0.1) is 39.5 Å². The molecule has 6 rings (SSSR count). The first-order chi connectivity index (χ1) is 35.8. The number of halogens is 10. The molecule has 3 aromatic heterocycles. The number of nitriles is 1. The van der Waals surface area contributed by atoms with Crippen LogP contribution in [-0.4, -0.2) is 93.8 Å². The van der Waals surface area contributed by atoms with E-state index in [-0.39, 0.29) is 216 Å². The maximum absolute atomic E-state index is 12.1. The molecule has 3 aromatic carbocycles. The number of hydrogen-bond donors (Lipinski definition) is 2. The van der Waals surface area contributed by atoms with Crippen LogP contribution in [0.25, 0.3) is 0 Å². The number of aromatic carboxylic acids is 1. The number of pyridine rings is 3. The summed E-state index contributed by atoms with van der Waals surface area (Å²) in [6.45, 7) is 1.35. The van der Waals surface area contributed by atoms with E-state index in [1.54, 1.807) is 24.4 Å². The first-order valence-corrected chi connectivity index (χ1v) is 21.3. The van der Waals surface area contributed by atoms with E-state index in [9.17, 15) is 53.9 Å². The molecule has 0 fully saturated rings. The van der Waals surface area contributed by atoms with Crippen LogP contribution in [0.15, 0.2) is 128 Å². The van der Waals surface area contributed by atoms with Crippen molar-refractivity contribution in [1.82, 2.24) is 15.0 Å². The molecule has 84 heavy (non-hydrogen) atoms. The summed E-state index contributed by atoms with van der Waals surface area (Å²) in [4.78, 5) is 55.6. The Bertz CT molecular complexity index is 2770. The number of carboxylic acids is 1. The molecular formula is C50H55BrF9K2LiN4O17. The van der Waals surface area contributed by atoms with Gasteiger partial charge in [0.25, 0.3) is 6.47 Å². The number of carbonyl (C=O) groups is 4. The number of carboxylic acid groups (broad SMARTS) is 1. The topological polar surface area (TPSA) is 330 Å². The molecule has 34 heteroatoms. The van der Waals surface area contributed by atoms with Gasteiger partial charge in [-0.2, -0.15) is 5.26 Å². The molecule has 21 nitrogen and oxygen atoms in total. The summed E-state index contributed by atoms with van der Waals surface area (Å²) in [5.41, 5.74) is 2.62. The second-order valence-electron chi connectivity index (χ2n) is 13.2. The number of esters is 2. The van der Waals surface area contributed by atoms with Crippen molar-refractivity contribution in [2.45, 2.75) is 66.8 Å². The predicted octanol–water partition coefficient (Wildman–Crippen LogP) is 1.65. The van der Waals surface area contributed by atoms with Gasteiger partial charge in [0.05, 0.1) is 20.3 Å². The second kappa shape index (κ2) is 51.1. The SMILES string of the molecule is C.C.C.CC#N.COC(=O)c1ccc(CBr)cn1.COC(=O)c1ccc(COc2cccc(OC(F)(F)F)c2)cn1.O.O=C(O)c1ccc(COc2cccc(OC(F)(F)F)c2)cn1.O=CO[O-].Oc1cccc(OC(F)(F)F)c1.[H-].[K+].[K+].[Li+].[OH-]. The fraction of sp³-hybridized carbons (Fsp3) is 0.240. The summed E-state index contributed by atoms with van der Waals surface area (Å²) in [6.07, 6.45) is -9.86. The van der Waals surface area contributed by atoms with E-state index in [0.717, 1.165) is 41.2 Å². The van der Waals surface area contributed by atoms with E-state index in [4.69, 9.17) is 35.0 Å². The number of nitrogens with zero attached hydrogens (tertiary/aromatic N) is 4. The van der Waals surface area contributed by atoms with Gasteiger partial charge >= 0.3 is 159 Å². The van der Waals surface area contributed by atoms with Crippen LogP contribution in [-0.2, 0) is 37.7 Å². The van der Waals surface area contributed by atoms with Crippen molar-refractivity contribution < 1.29 is 246 Å². The van der Waals surface area contributed by atoms with Crippen LogP contribution >= 0.6 is 15.9 Å². The van der Waals surface area contributed by atoms with Crippen LogP contribution in [0.3, 0.4) is 0 Å². The summed E-state index contributed by atoms with van der Waals surface area (Å²) >= 11 is 3.28.